The minimum Gasteiger partial charge on any atom is -0.384 e. The molecule has 0 radical (unpaired) electrons. The maximum absolute atomic E-state index is 10.2. The Morgan fingerprint density at radius 2 is 2.12 bits per heavy atom. The zero-order valence-electron chi connectivity index (χ0n) is 8.98. The second-order valence-electron chi connectivity index (χ2n) is 3.66. The summed E-state index contributed by atoms with van der Waals surface area (Å²) in [7, 11) is 0. The largest absolute Gasteiger partial charge is 0.384 e. The van der Waals surface area contributed by atoms with Crippen LogP contribution in [0.25, 0.3) is 0 Å². The van der Waals surface area contributed by atoms with E-state index in [1.165, 1.54) is 4.88 Å². The number of aryl methyl sites for hydroxylation is 1. The fourth-order valence-corrected chi connectivity index (χ4v) is 2.87. The summed E-state index contributed by atoms with van der Waals surface area (Å²) in [5.74, 6) is 0. The molecular weight excluding hydrogens is 284 g/mol. The van der Waals surface area contributed by atoms with Crippen molar-refractivity contribution < 1.29 is 5.11 Å². The number of benzene rings is 1. The molecule has 0 aliphatic carbocycles. The lowest BCUT2D eigenvalue weighted by Crippen LogP contribution is -1.97. The maximum atomic E-state index is 10.2. The van der Waals surface area contributed by atoms with Gasteiger partial charge in [-0.05, 0) is 41.1 Å². The molecule has 1 N–H and O–H groups in total. The van der Waals surface area contributed by atoms with Crippen molar-refractivity contribution in [1.82, 2.24) is 0 Å². The van der Waals surface area contributed by atoms with Gasteiger partial charge < -0.3 is 5.11 Å². The highest BCUT2D eigenvalue weighted by atomic mass is 79.9. The van der Waals surface area contributed by atoms with Gasteiger partial charge in [0.05, 0.1) is 0 Å². The zero-order valence-corrected chi connectivity index (χ0v) is 11.4. The van der Waals surface area contributed by atoms with Crippen molar-refractivity contribution in [3.05, 3.63) is 56.2 Å². The van der Waals surface area contributed by atoms with Crippen molar-refractivity contribution >= 4 is 27.3 Å². The highest BCUT2D eigenvalue weighted by molar-refractivity contribution is 9.10. The third kappa shape index (κ3) is 2.54. The lowest BCUT2D eigenvalue weighted by Gasteiger charge is -2.09. The molecule has 0 aliphatic heterocycles. The molecule has 1 nitrogen and oxygen atoms in total. The number of hydrogen-bond donors (Lipinski definition) is 1. The van der Waals surface area contributed by atoms with Crippen LogP contribution in [-0.2, 0) is 6.42 Å². The summed E-state index contributed by atoms with van der Waals surface area (Å²) in [6.07, 6.45) is 0.504. The molecule has 1 aromatic carbocycles. The summed E-state index contributed by atoms with van der Waals surface area (Å²) in [4.78, 5) is 1.31. The molecule has 16 heavy (non-hydrogen) atoms. The van der Waals surface area contributed by atoms with Crippen molar-refractivity contribution in [1.29, 1.82) is 0 Å². The highest BCUT2D eigenvalue weighted by Crippen LogP contribution is 2.28. The molecule has 2 rings (SSSR count). The van der Waals surface area contributed by atoms with Gasteiger partial charge in [0.1, 0.15) is 6.10 Å². The van der Waals surface area contributed by atoms with Gasteiger partial charge in [0.15, 0.2) is 0 Å². The molecule has 84 valence electrons. The van der Waals surface area contributed by atoms with Gasteiger partial charge in [-0.1, -0.05) is 35.0 Å². The smallest absolute Gasteiger partial charge is 0.105 e. The SMILES string of the molecule is CCc1cc(C(O)c2cccc(Br)c2)cs1. The van der Waals surface area contributed by atoms with Crippen LogP contribution in [-0.4, -0.2) is 5.11 Å². The van der Waals surface area contributed by atoms with Crippen LogP contribution in [0.3, 0.4) is 0 Å². The van der Waals surface area contributed by atoms with Gasteiger partial charge in [-0.15, -0.1) is 11.3 Å². The molecule has 1 atom stereocenters. The number of halogens is 1. The predicted octanol–water partition coefficient (Wildman–Crippen LogP) is 4.15. The zero-order chi connectivity index (χ0) is 11.5. The Balaban J connectivity index is 2.27. The summed E-state index contributed by atoms with van der Waals surface area (Å²) >= 11 is 5.12. The molecule has 0 aliphatic rings. The van der Waals surface area contributed by atoms with E-state index in [9.17, 15) is 5.11 Å². The van der Waals surface area contributed by atoms with Gasteiger partial charge in [-0.25, -0.2) is 0 Å². The molecule has 0 amide bonds. The van der Waals surface area contributed by atoms with E-state index in [0.717, 1.165) is 22.0 Å². The summed E-state index contributed by atoms with van der Waals surface area (Å²) in [6.45, 7) is 2.13. The van der Waals surface area contributed by atoms with E-state index in [1.807, 2.05) is 29.6 Å². The summed E-state index contributed by atoms with van der Waals surface area (Å²) in [5, 5.41) is 12.2. The third-order valence-corrected chi connectivity index (χ3v) is 4.10. The number of rotatable bonds is 3. The molecule has 0 saturated heterocycles. The van der Waals surface area contributed by atoms with Crippen LogP contribution in [0.2, 0.25) is 0 Å². The number of hydrogen-bond acceptors (Lipinski definition) is 2. The fourth-order valence-electron chi connectivity index (χ4n) is 1.60. The third-order valence-electron chi connectivity index (χ3n) is 2.50. The van der Waals surface area contributed by atoms with Crippen molar-refractivity contribution in [2.45, 2.75) is 19.4 Å². The fraction of sp³-hybridized carbons (Fsp3) is 0.231. The molecule has 1 aromatic heterocycles. The topological polar surface area (TPSA) is 20.2 Å². The molecule has 0 fully saturated rings. The van der Waals surface area contributed by atoms with Gasteiger partial charge >= 0.3 is 0 Å². The van der Waals surface area contributed by atoms with E-state index in [0.29, 0.717) is 0 Å². The lowest BCUT2D eigenvalue weighted by atomic mass is 10.0. The van der Waals surface area contributed by atoms with Gasteiger partial charge in [0.2, 0.25) is 0 Å². The van der Waals surface area contributed by atoms with Crippen LogP contribution < -0.4 is 0 Å². The second kappa shape index (κ2) is 5.13. The minimum absolute atomic E-state index is 0.519. The minimum atomic E-state index is -0.519. The Morgan fingerprint density at radius 1 is 1.31 bits per heavy atom. The van der Waals surface area contributed by atoms with Gasteiger partial charge in [-0.3, -0.25) is 0 Å². The van der Waals surface area contributed by atoms with Crippen LogP contribution >= 0.6 is 27.3 Å². The normalized spacial score (nSPS) is 12.7. The van der Waals surface area contributed by atoms with E-state index < -0.39 is 6.10 Å². The van der Waals surface area contributed by atoms with E-state index in [-0.39, 0.29) is 0 Å². The highest BCUT2D eigenvalue weighted by Gasteiger charge is 2.12. The van der Waals surface area contributed by atoms with Gasteiger partial charge in [-0.2, -0.15) is 0 Å². The summed E-state index contributed by atoms with van der Waals surface area (Å²) < 4.78 is 0.995. The van der Waals surface area contributed by atoms with Crippen LogP contribution in [0.1, 0.15) is 29.0 Å². The van der Waals surface area contributed by atoms with E-state index in [4.69, 9.17) is 0 Å². The predicted molar refractivity (Wildman–Crippen MR) is 71.9 cm³/mol. The number of aliphatic hydroxyl groups is 1. The quantitative estimate of drug-likeness (QED) is 0.902. The summed E-state index contributed by atoms with van der Waals surface area (Å²) in [5.41, 5.74) is 1.91. The van der Waals surface area contributed by atoms with E-state index in [1.54, 1.807) is 11.3 Å². The first-order chi connectivity index (χ1) is 7.70. The lowest BCUT2D eigenvalue weighted by molar-refractivity contribution is 0.220. The first kappa shape index (κ1) is 11.8. The van der Waals surface area contributed by atoms with Crippen molar-refractivity contribution in [3.63, 3.8) is 0 Å². The first-order valence-corrected chi connectivity index (χ1v) is 6.89. The van der Waals surface area contributed by atoms with Crippen LogP contribution in [0.5, 0.6) is 0 Å². The van der Waals surface area contributed by atoms with Crippen LogP contribution in [0.4, 0.5) is 0 Å². The number of aliphatic hydroxyl groups excluding tert-OH is 1. The molecule has 0 bridgehead atoms. The molecular formula is C13H13BrOS. The van der Waals surface area contributed by atoms with Gasteiger partial charge in [0, 0.05) is 9.35 Å². The molecule has 0 spiro atoms. The average molecular weight is 297 g/mol. The monoisotopic (exact) mass is 296 g/mol. The van der Waals surface area contributed by atoms with Crippen molar-refractivity contribution in [3.8, 4) is 0 Å². The Kier molecular flexibility index (Phi) is 3.79. The van der Waals surface area contributed by atoms with E-state index in [2.05, 4.69) is 28.9 Å². The average Bonchev–Trinajstić information content (AvgIpc) is 2.76. The molecule has 2 aromatic rings. The molecule has 1 heterocycles. The van der Waals surface area contributed by atoms with Crippen LogP contribution in [0.15, 0.2) is 40.2 Å². The molecule has 1 unspecified atom stereocenters. The molecule has 0 saturated carbocycles. The van der Waals surface area contributed by atoms with Crippen molar-refractivity contribution in [2.24, 2.45) is 0 Å². The van der Waals surface area contributed by atoms with Crippen molar-refractivity contribution in [2.75, 3.05) is 0 Å². The Morgan fingerprint density at radius 3 is 2.75 bits per heavy atom. The summed E-state index contributed by atoms with van der Waals surface area (Å²) in [6, 6.07) is 9.87. The Hall–Kier alpha value is -0.640. The van der Waals surface area contributed by atoms with Crippen LogP contribution in [0, 0.1) is 0 Å². The number of thiophene rings is 1. The standard InChI is InChI=1S/C13H13BrOS/c1-2-12-7-10(8-16-12)13(15)9-4-3-5-11(14)6-9/h3-8,13,15H,2H2,1H3. The Labute approximate surface area is 108 Å². The maximum Gasteiger partial charge on any atom is 0.105 e. The second-order valence-corrected chi connectivity index (χ2v) is 5.57. The first-order valence-electron chi connectivity index (χ1n) is 5.21. The Bertz CT molecular complexity index is 478. The molecule has 3 heteroatoms. The van der Waals surface area contributed by atoms with Gasteiger partial charge in [0.25, 0.3) is 0 Å². The van der Waals surface area contributed by atoms with E-state index >= 15 is 0 Å².